The fourth-order valence-corrected chi connectivity index (χ4v) is 1.80. The van der Waals surface area contributed by atoms with Crippen LogP contribution in [0, 0.1) is 0 Å². The third-order valence-corrected chi connectivity index (χ3v) is 2.86. The summed E-state index contributed by atoms with van der Waals surface area (Å²) < 4.78 is 0. The van der Waals surface area contributed by atoms with Gasteiger partial charge in [-0.05, 0) is 24.3 Å². The van der Waals surface area contributed by atoms with E-state index in [0.717, 1.165) is 17.8 Å². The van der Waals surface area contributed by atoms with Crippen LogP contribution >= 0.6 is 24.0 Å². The number of nitrogens with one attached hydrogen (secondary N) is 2. The predicted molar refractivity (Wildman–Crippen MR) is 103 cm³/mol. The molecule has 2 rings (SSSR count). The minimum atomic E-state index is -0.208. The topological polar surface area (TPSA) is 92.4 Å². The predicted octanol–water partition coefficient (Wildman–Crippen LogP) is 1.79. The molecule has 0 saturated heterocycles. The fraction of sp³-hybridized carbons (Fsp3) is 0.188. The number of hydrogen-bond donors (Lipinski definition) is 3. The van der Waals surface area contributed by atoms with E-state index in [1.54, 1.807) is 6.20 Å². The van der Waals surface area contributed by atoms with E-state index in [2.05, 4.69) is 20.6 Å². The first-order valence-electron chi connectivity index (χ1n) is 7.02. The van der Waals surface area contributed by atoms with Crippen molar-refractivity contribution in [2.45, 2.75) is 6.42 Å². The van der Waals surface area contributed by atoms with Crippen LogP contribution in [0.5, 0.6) is 0 Å². The van der Waals surface area contributed by atoms with Crippen molar-refractivity contribution in [3.63, 3.8) is 0 Å². The molecule has 0 radical (unpaired) electrons. The normalized spacial score (nSPS) is 10.5. The molecular weight excluding hydrogens is 405 g/mol. The Morgan fingerprint density at radius 1 is 1.13 bits per heavy atom. The molecule has 1 amide bonds. The van der Waals surface area contributed by atoms with E-state index in [1.807, 2.05) is 48.5 Å². The van der Waals surface area contributed by atoms with E-state index in [4.69, 9.17) is 5.73 Å². The van der Waals surface area contributed by atoms with Crippen LogP contribution in [0.3, 0.4) is 0 Å². The second-order valence-corrected chi connectivity index (χ2v) is 4.61. The maximum Gasteiger partial charge on any atom is 0.246 e. The van der Waals surface area contributed by atoms with Crippen molar-refractivity contribution in [1.82, 2.24) is 10.3 Å². The number of nitrogens with zero attached hydrogens (tertiary/aromatic N) is 2. The van der Waals surface area contributed by atoms with Crippen LogP contribution in [0.4, 0.5) is 5.69 Å². The third-order valence-electron chi connectivity index (χ3n) is 2.86. The number of carbonyl (C=O) groups is 1. The second kappa shape index (κ2) is 10.5. The first-order valence-corrected chi connectivity index (χ1v) is 7.02. The smallest absolute Gasteiger partial charge is 0.246 e. The Morgan fingerprint density at radius 2 is 1.87 bits per heavy atom. The number of guanidine groups is 1. The number of hydrogen-bond acceptors (Lipinski definition) is 3. The largest absolute Gasteiger partial charge is 0.370 e. The number of amides is 1. The first kappa shape index (κ1) is 18.9. The van der Waals surface area contributed by atoms with Crippen molar-refractivity contribution in [3.05, 3.63) is 60.4 Å². The van der Waals surface area contributed by atoms with Crippen molar-refractivity contribution in [3.8, 4) is 0 Å². The van der Waals surface area contributed by atoms with Crippen molar-refractivity contribution < 1.29 is 4.79 Å². The van der Waals surface area contributed by atoms with Gasteiger partial charge in [0.2, 0.25) is 5.91 Å². The van der Waals surface area contributed by atoms with Crippen LogP contribution in [-0.4, -0.2) is 29.9 Å². The number of halogens is 1. The minimum absolute atomic E-state index is 0. The lowest BCUT2D eigenvalue weighted by atomic mass is 10.3. The summed E-state index contributed by atoms with van der Waals surface area (Å²) in [5, 5.41) is 5.70. The van der Waals surface area contributed by atoms with E-state index in [-0.39, 0.29) is 42.4 Å². The number of carbonyl (C=O) groups excluding carboxylic acids is 1. The van der Waals surface area contributed by atoms with Gasteiger partial charge in [-0.1, -0.05) is 24.3 Å². The lowest BCUT2D eigenvalue weighted by Crippen LogP contribution is -2.34. The van der Waals surface area contributed by atoms with Gasteiger partial charge in [0.05, 0.1) is 0 Å². The Labute approximate surface area is 152 Å². The highest BCUT2D eigenvalue weighted by atomic mass is 127. The highest BCUT2D eigenvalue weighted by Gasteiger charge is 2.01. The summed E-state index contributed by atoms with van der Waals surface area (Å²) in [6.07, 6.45) is 2.49. The standard InChI is InChI=1S/C16H19N5O.HI/c17-16(19-11-9-13-6-4-5-10-18-13)20-12-15(22)21-14-7-2-1-3-8-14;/h1-8,10H,9,11-12H2,(H,21,22)(H3,17,19,20);1H. The number of anilines is 1. The molecule has 0 atom stereocenters. The molecule has 2 aromatic rings. The number of nitrogens with two attached hydrogens (primary N) is 1. The number of aromatic nitrogens is 1. The SMILES string of the molecule is I.NC(=NCC(=O)Nc1ccccc1)NCCc1ccccn1. The molecule has 1 aromatic carbocycles. The van der Waals surface area contributed by atoms with Gasteiger partial charge in [0.1, 0.15) is 6.54 Å². The summed E-state index contributed by atoms with van der Waals surface area (Å²) in [6.45, 7) is 0.601. The fourth-order valence-electron chi connectivity index (χ4n) is 1.80. The maximum absolute atomic E-state index is 11.7. The van der Waals surface area contributed by atoms with E-state index in [9.17, 15) is 4.79 Å². The summed E-state index contributed by atoms with van der Waals surface area (Å²) in [7, 11) is 0. The van der Waals surface area contributed by atoms with Crippen LogP contribution in [0.25, 0.3) is 0 Å². The van der Waals surface area contributed by atoms with Gasteiger partial charge in [-0.3, -0.25) is 9.78 Å². The first-order chi connectivity index (χ1) is 10.7. The van der Waals surface area contributed by atoms with Crippen LogP contribution in [-0.2, 0) is 11.2 Å². The zero-order valence-electron chi connectivity index (χ0n) is 12.6. The number of aliphatic imine (C=N–C) groups is 1. The Bertz CT molecular complexity index is 619. The van der Waals surface area contributed by atoms with Gasteiger partial charge in [-0.2, -0.15) is 0 Å². The van der Waals surface area contributed by atoms with Crippen molar-refractivity contribution in [1.29, 1.82) is 0 Å². The Morgan fingerprint density at radius 3 is 2.57 bits per heavy atom. The molecule has 0 spiro atoms. The zero-order valence-corrected chi connectivity index (χ0v) is 14.9. The molecule has 23 heavy (non-hydrogen) atoms. The monoisotopic (exact) mass is 425 g/mol. The molecule has 0 fully saturated rings. The third kappa shape index (κ3) is 7.59. The van der Waals surface area contributed by atoms with Crippen molar-refractivity contribution in [2.75, 3.05) is 18.4 Å². The molecule has 0 aliphatic rings. The van der Waals surface area contributed by atoms with E-state index >= 15 is 0 Å². The highest BCUT2D eigenvalue weighted by molar-refractivity contribution is 14.0. The summed E-state index contributed by atoms with van der Waals surface area (Å²) in [5.74, 6) is 0.0415. The average Bonchev–Trinajstić information content (AvgIpc) is 2.55. The minimum Gasteiger partial charge on any atom is -0.370 e. The summed E-state index contributed by atoms with van der Waals surface area (Å²) in [5.41, 5.74) is 7.43. The summed E-state index contributed by atoms with van der Waals surface area (Å²) in [6, 6.07) is 15.0. The van der Waals surface area contributed by atoms with Gasteiger partial charge >= 0.3 is 0 Å². The summed E-state index contributed by atoms with van der Waals surface area (Å²) >= 11 is 0. The maximum atomic E-state index is 11.7. The molecule has 1 heterocycles. The van der Waals surface area contributed by atoms with Crippen molar-refractivity contribution >= 4 is 41.5 Å². The average molecular weight is 425 g/mol. The lowest BCUT2D eigenvalue weighted by molar-refractivity contribution is -0.114. The van der Waals surface area contributed by atoms with Gasteiger partial charge in [-0.15, -0.1) is 24.0 Å². The molecule has 1 aromatic heterocycles. The van der Waals surface area contributed by atoms with Gasteiger partial charge in [-0.25, -0.2) is 4.99 Å². The highest BCUT2D eigenvalue weighted by Crippen LogP contribution is 2.04. The van der Waals surface area contributed by atoms with Crippen molar-refractivity contribution in [2.24, 2.45) is 10.7 Å². The van der Waals surface area contributed by atoms with Crippen LogP contribution < -0.4 is 16.4 Å². The molecular formula is C16H20IN5O. The van der Waals surface area contributed by atoms with E-state index in [0.29, 0.717) is 6.54 Å². The lowest BCUT2D eigenvalue weighted by Gasteiger charge is -2.06. The van der Waals surface area contributed by atoms with E-state index < -0.39 is 0 Å². The molecule has 0 bridgehead atoms. The molecule has 122 valence electrons. The molecule has 4 N–H and O–H groups in total. The molecule has 6 nitrogen and oxygen atoms in total. The molecule has 0 aliphatic carbocycles. The Hall–Kier alpha value is -2.16. The van der Waals surface area contributed by atoms with Crippen LogP contribution in [0.2, 0.25) is 0 Å². The number of rotatable bonds is 6. The zero-order chi connectivity index (χ0) is 15.6. The van der Waals surface area contributed by atoms with E-state index in [1.165, 1.54) is 0 Å². The second-order valence-electron chi connectivity index (χ2n) is 4.61. The Balaban J connectivity index is 0.00000264. The molecule has 0 unspecified atom stereocenters. The van der Waals surface area contributed by atoms with Gasteiger partial charge < -0.3 is 16.4 Å². The Kier molecular flexibility index (Phi) is 8.66. The number of pyridine rings is 1. The molecule has 7 heteroatoms. The van der Waals surface area contributed by atoms with Gasteiger partial charge in [0.25, 0.3) is 0 Å². The molecule has 0 aliphatic heterocycles. The number of para-hydroxylation sites is 1. The van der Waals surface area contributed by atoms with Gasteiger partial charge in [0, 0.05) is 30.5 Å². The van der Waals surface area contributed by atoms with Gasteiger partial charge in [0.15, 0.2) is 5.96 Å². The quantitative estimate of drug-likeness (QED) is 0.374. The van der Waals surface area contributed by atoms with Crippen LogP contribution in [0.15, 0.2) is 59.7 Å². The molecule has 0 saturated carbocycles. The number of benzene rings is 1. The summed E-state index contributed by atoms with van der Waals surface area (Å²) in [4.78, 5) is 19.9. The van der Waals surface area contributed by atoms with Crippen LogP contribution in [0.1, 0.15) is 5.69 Å².